The molecule has 0 aromatic heterocycles. The van der Waals surface area contributed by atoms with Gasteiger partial charge in [0.1, 0.15) is 5.75 Å². The fourth-order valence-electron chi connectivity index (χ4n) is 6.65. The predicted octanol–water partition coefficient (Wildman–Crippen LogP) is 4.66. The molecule has 5 nitrogen and oxygen atoms in total. The zero-order valence-electron chi connectivity index (χ0n) is 21.1. The summed E-state index contributed by atoms with van der Waals surface area (Å²) in [6.45, 7) is 2.73. The summed E-state index contributed by atoms with van der Waals surface area (Å²) in [7, 11) is 6.17. The van der Waals surface area contributed by atoms with E-state index >= 15 is 0 Å². The average molecular weight is 464 g/mol. The lowest BCUT2D eigenvalue weighted by Gasteiger charge is -2.52. The second kappa shape index (κ2) is 9.62. The van der Waals surface area contributed by atoms with E-state index in [9.17, 15) is 5.11 Å². The van der Waals surface area contributed by atoms with Crippen molar-refractivity contribution >= 4 is 0 Å². The molecule has 1 aliphatic heterocycles. The third-order valence-electron chi connectivity index (χ3n) is 9.11. The highest BCUT2D eigenvalue weighted by atomic mass is 16.5. The topological polar surface area (TPSA) is 39.2 Å². The number of hydrogen-bond donors (Lipinski definition) is 1. The molecule has 2 aromatic rings. The molecule has 0 amide bonds. The van der Waals surface area contributed by atoms with E-state index in [1.165, 1.54) is 30.4 Å². The zero-order valence-corrected chi connectivity index (χ0v) is 21.1. The van der Waals surface area contributed by atoms with Gasteiger partial charge in [-0.25, -0.2) is 0 Å². The van der Waals surface area contributed by atoms with Gasteiger partial charge in [0, 0.05) is 30.7 Å². The Hall–Kier alpha value is -1.92. The fourth-order valence-corrected chi connectivity index (χ4v) is 6.65. The molecule has 2 aliphatic carbocycles. The molecule has 3 fully saturated rings. The van der Waals surface area contributed by atoms with E-state index in [-0.39, 0.29) is 11.1 Å². The van der Waals surface area contributed by atoms with Crippen molar-refractivity contribution in [1.82, 2.24) is 14.7 Å². The normalized spacial score (nSPS) is 30.7. The lowest BCUT2D eigenvalue weighted by atomic mass is 9.68. The van der Waals surface area contributed by atoms with E-state index in [0.717, 1.165) is 57.0 Å². The van der Waals surface area contributed by atoms with Gasteiger partial charge in [0.25, 0.3) is 0 Å². The minimum absolute atomic E-state index is 0.0514. The van der Waals surface area contributed by atoms with E-state index < -0.39 is 6.35 Å². The van der Waals surface area contributed by atoms with Crippen molar-refractivity contribution in [2.45, 2.75) is 68.9 Å². The quantitative estimate of drug-likeness (QED) is 0.647. The Labute approximate surface area is 205 Å². The van der Waals surface area contributed by atoms with Crippen molar-refractivity contribution in [2.75, 3.05) is 34.3 Å². The maximum atomic E-state index is 11.6. The summed E-state index contributed by atoms with van der Waals surface area (Å²) < 4.78 is 5.33. The van der Waals surface area contributed by atoms with Crippen molar-refractivity contribution in [3.8, 4) is 5.75 Å². The van der Waals surface area contributed by atoms with Gasteiger partial charge in [-0.2, -0.15) is 0 Å². The van der Waals surface area contributed by atoms with Crippen LogP contribution >= 0.6 is 0 Å². The van der Waals surface area contributed by atoms with Crippen LogP contribution in [0, 0.1) is 5.92 Å². The molecule has 34 heavy (non-hydrogen) atoms. The van der Waals surface area contributed by atoms with Gasteiger partial charge in [0.05, 0.1) is 7.11 Å². The molecule has 5 rings (SSSR count). The Morgan fingerprint density at radius 3 is 2.21 bits per heavy atom. The van der Waals surface area contributed by atoms with Crippen LogP contribution in [0.15, 0.2) is 54.6 Å². The van der Waals surface area contributed by atoms with Gasteiger partial charge >= 0.3 is 0 Å². The summed E-state index contributed by atoms with van der Waals surface area (Å²) in [5.74, 6) is 1.61. The summed E-state index contributed by atoms with van der Waals surface area (Å²) in [6, 6.07) is 19.3. The van der Waals surface area contributed by atoms with Gasteiger partial charge in [-0.1, -0.05) is 48.9 Å². The molecule has 1 atom stereocenters. The van der Waals surface area contributed by atoms with Crippen LogP contribution in [0.25, 0.3) is 0 Å². The van der Waals surface area contributed by atoms with Crippen LogP contribution in [0.2, 0.25) is 0 Å². The molecule has 3 aliphatic rings. The van der Waals surface area contributed by atoms with Gasteiger partial charge in [-0.05, 0) is 81.8 Å². The summed E-state index contributed by atoms with van der Waals surface area (Å²) in [5, 5.41) is 11.6. The highest BCUT2D eigenvalue weighted by Crippen LogP contribution is 2.50. The van der Waals surface area contributed by atoms with Gasteiger partial charge in [0.15, 0.2) is 6.35 Å². The van der Waals surface area contributed by atoms with Crippen molar-refractivity contribution in [1.29, 1.82) is 0 Å². The van der Waals surface area contributed by atoms with Crippen LogP contribution in [0.4, 0.5) is 0 Å². The molecule has 5 heteroatoms. The van der Waals surface area contributed by atoms with Crippen molar-refractivity contribution in [3.63, 3.8) is 0 Å². The molecule has 1 N–H and O–H groups in total. The first-order chi connectivity index (χ1) is 16.5. The number of hydrogen-bond acceptors (Lipinski definition) is 5. The maximum absolute atomic E-state index is 11.6. The van der Waals surface area contributed by atoms with Gasteiger partial charge in [-0.3, -0.25) is 14.7 Å². The Balaban J connectivity index is 1.38. The minimum atomic E-state index is -0.508. The summed E-state index contributed by atoms with van der Waals surface area (Å²) >= 11 is 0. The fraction of sp³-hybridized carbons (Fsp3) is 0.586. The zero-order chi connectivity index (χ0) is 23.8. The Bertz CT molecular complexity index is 934. The van der Waals surface area contributed by atoms with Gasteiger partial charge < -0.3 is 9.84 Å². The second-order valence-corrected chi connectivity index (χ2v) is 11.1. The first kappa shape index (κ1) is 23.8. The number of rotatable bonds is 7. The molecule has 1 spiro atoms. The second-order valence-electron chi connectivity index (χ2n) is 11.1. The Morgan fingerprint density at radius 1 is 0.971 bits per heavy atom. The predicted molar refractivity (Wildman–Crippen MR) is 136 cm³/mol. The number of aliphatic hydroxyl groups excluding tert-OH is 1. The lowest BCUT2D eigenvalue weighted by Crippen LogP contribution is -2.57. The molecule has 2 aromatic carbocycles. The molecule has 1 heterocycles. The van der Waals surface area contributed by atoms with E-state index in [1.807, 2.05) is 12.1 Å². The largest absolute Gasteiger partial charge is 0.497 e. The lowest BCUT2D eigenvalue weighted by molar-refractivity contribution is -0.104. The first-order valence-electron chi connectivity index (χ1n) is 13.0. The van der Waals surface area contributed by atoms with Crippen molar-refractivity contribution < 1.29 is 9.84 Å². The van der Waals surface area contributed by atoms with E-state index in [4.69, 9.17) is 4.74 Å². The Kier molecular flexibility index (Phi) is 6.73. The Morgan fingerprint density at radius 2 is 1.65 bits per heavy atom. The third kappa shape index (κ3) is 4.28. The average Bonchev–Trinajstić information content (AvgIpc) is 3.08. The maximum Gasteiger partial charge on any atom is 0.166 e. The number of methoxy groups -OCH3 is 1. The molecule has 0 bridgehead atoms. The number of aliphatic hydroxyl groups is 1. The van der Waals surface area contributed by atoms with Gasteiger partial charge in [0.2, 0.25) is 0 Å². The van der Waals surface area contributed by atoms with E-state index in [0.29, 0.717) is 0 Å². The number of nitrogens with zero attached hydrogens (tertiary/aromatic N) is 3. The van der Waals surface area contributed by atoms with E-state index in [1.54, 1.807) is 7.11 Å². The molecule has 0 radical (unpaired) electrons. The van der Waals surface area contributed by atoms with Gasteiger partial charge in [-0.15, -0.1) is 0 Å². The molecule has 184 valence electrons. The highest BCUT2D eigenvalue weighted by molar-refractivity contribution is 5.28. The van der Waals surface area contributed by atoms with Crippen LogP contribution in [-0.4, -0.2) is 66.0 Å². The van der Waals surface area contributed by atoms with Crippen LogP contribution in [0.5, 0.6) is 5.75 Å². The summed E-state index contributed by atoms with van der Waals surface area (Å²) in [6.07, 6.45) is 7.92. The molecule has 1 unspecified atom stereocenters. The van der Waals surface area contributed by atoms with Crippen LogP contribution in [0.1, 0.15) is 56.1 Å². The van der Waals surface area contributed by atoms with Crippen molar-refractivity contribution in [2.24, 2.45) is 5.92 Å². The molecular weight excluding hydrogens is 422 g/mol. The van der Waals surface area contributed by atoms with Crippen molar-refractivity contribution in [3.05, 3.63) is 65.7 Å². The van der Waals surface area contributed by atoms with Crippen LogP contribution < -0.4 is 4.74 Å². The minimum Gasteiger partial charge on any atom is -0.497 e. The van der Waals surface area contributed by atoms with E-state index in [2.05, 4.69) is 71.3 Å². The molecule has 2 saturated carbocycles. The SMILES string of the molecule is COc1ccc(CN2C[C@]3(CC[C@](c4ccccc4)(N(C)C)CC3)N(CC3CCC3)C2O)cc1. The smallest absolute Gasteiger partial charge is 0.166 e. The number of benzene rings is 2. The summed E-state index contributed by atoms with van der Waals surface area (Å²) in [4.78, 5) is 7.22. The standard InChI is InChI=1S/C29H41N3O2/c1-30(2)29(25-10-5-4-6-11-25)18-16-28(17-19-29)22-31(20-24-12-14-26(34-3)15-13-24)27(33)32(28)21-23-8-7-9-23/h4-6,10-15,23,27,33H,7-9,16-22H2,1-3H3/t27?,28-,29+. The highest BCUT2D eigenvalue weighted by Gasteiger charge is 2.55. The summed E-state index contributed by atoms with van der Waals surface area (Å²) in [5.41, 5.74) is 2.77. The van der Waals surface area contributed by atoms with Crippen LogP contribution in [-0.2, 0) is 12.1 Å². The number of ether oxygens (including phenoxy) is 1. The third-order valence-corrected chi connectivity index (χ3v) is 9.11. The van der Waals surface area contributed by atoms with Crippen LogP contribution in [0.3, 0.4) is 0 Å². The first-order valence-corrected chi connectivity index (χ1v) is 13.0. The molecular formula is C29H41N3O2. The molecule has 1 saturated heterocycles. The monoisotopic (exact) mass is 463 g/mol.